The Balaban J connectivity index is 1.85. The molecule has 1 amide bonds. The molecule has 6 heteroatoms. The second-order valence-corrected chi connectivity index (χ2v) is 5.48. The molecule has 0 spiro atoms. The van der Waals surface area contributed by atoms with Crippen molar-refractivity contribution >= 4 is 11.9 Å². The van der Waals surface area contributed by atoms with Crippen LogP contribution in [0.25, 0.3) is 0 Å². The van der Waals surface area contributed by atoms with E-state index >= 15 is 0 Å². The number of hydrogen-bond acceptors (Lipinski definition) is 3. The summed E-state index contributed by atoms with van der Waals surface area (Å²) in [6.45, 7) is 1.27. The molecule has 2 rings (SSSR count). The molecular formula is C19H24N4O2. The van der Waals surface area contributed by atoms with Gasteiger partial charge in [-0.2, -0.15) is 0 Å². The number of amides is 1. The van der Waals surface area contributed by atoms with Gasteiger partial charge in [-0.3, -0.25) is 9.79 Å². The second-order valence-electron chi connectivity index (χ2n) is 5.48. The first-order valence-corrected chi connectivity index (χ1v) is 8.09. The second kappa shape index (κ2) is 9.32. The number of hydrogen-bond donors (Lipinski definition) is 3. The normalized spacial score (nSPS) is 11.0. The fraction of sp³-hybridized carbons (Fsp3) is 0.263. The van der Waals surface area contributed by atoms with Crippen molar-refractivity contribution in [3.8, 4) is 5.75 Å². The maximum Gasteiger partial charge on any atom is 0.248 e. The largest absolute Gasteiger partial charge is 0.496 e. The number of carbonyl (C=O) groups excluding carboxylic acids is 1. The van der Waals surface area contributed by atoms with E-state index in [0.29, 0.717) is 18.1 Å². The molecule has 0 atom stereocenters. The summed E-state index contributed by atoms with van der Waals surface area (Å²) in [5.41, 5.74) is 7.91. The predicted octanol–water partition coefficient (Wildman–Crippen LogP) is 1.70. The molecule has 0 radical (unpaired) electrons. The number of methoxy groups -OCH3 is 1. The Labute approximate surface area is 148 Å². The molecule has 2 aromatic rings. The smallest absolute Gasteiger partial charge is 0.248 e. The van der Waals surface area contributed by atoms with Crippen LogP contribution in [0.2, 0.25) is 0 Å². The highest BCUT2D eigenvalue weighted by atomic mass is 16.5. The van der Waals surface area contributed by atoms with E-state index in [-0.39, 0.29) is 0 Å². The minimum absolute atomic E-state index is 0.429. The molecule has 0 aliphatic rings. The zero-order chi connectivity index (χ0) is 18.1. The van der Waals surface area contributed by atoms with E-state index in [2.05, 4.69) is 15.6 Å². The number of carbonyl (C=O) groups is 1. The van der Waals surface area contributed by atoms with Gasteiger partial charge in [0, 0.05) is 25.7 Å². The Morgan fingerprint density at radius 1 is 1.16 bits per heavy atom. The summed E-state index contributed by atoms with van der Waals surface area (Å²) >= 11 is 0. The van der Waals surface area contributed by atoms with Crippen molar-refractivity contribution < 1.29 is 9.53 Å². The third kappa shape index (κ3) is 5.53. The number of nitrogens with one attached hydrogen (secondary N) is 2. The van der Waals surface area contributed by atoms with Gasteiger partial charge in [0.25, 0.3) is 0 Å². The molecule has 6 nitrogen and oxygen atoms in total. The number of para-hydroxylation sites is 1. The maximum atomic E-state index is 11.2. The Kier molecular flexibility index (Phi) is 6.83. The minimum Gasteiger partial charge on any atom is -0.496 e. The molecule has 4 N–H and O–H groups in total. The van der Waals surface area contributed by atoms with E-state index in [1.54, 1.807) is 26.3 Å². The third-order valence-electron chi connectivity index (χ3n) is 3.77. The Morgan fingerprint density at radius 2 is 1.96 bits per heavy atom. The molecule has 0 aliphatic carbocycles. The van der Waals surface area contributed by atoms with Gasteiger partial charge in [-0.1, -0.05) is 30.3 Å². The van der Waals surface area contributed by atoms with Crippen LogP contribution < -0.4 is 21.1 Å². The molecule has 0 saturated carbocycles. The fourth-order valence-electron chi connectivity index (χ4n) is 2.47. The lowest BCUT2D eigenvalue weighted by Gasteiger charge is -2.13. The van der Waals surface area contributed by atoms with Crippen LogP contribution in [0.4, 0.5) is 0 Å². The van der Waals surface area contributed by atoms with Crippen LogP contribution >= 0.6 is 0 Å². The summed E-state index contributed by atoms with van der Waals surface area (Å²) in [6, 6.07) is 15.2. The van der Waals surface area contributed by atoms with E-state index in [0.717, 1.165) is 29.8 Å². The van der Waals surface area contributed by atoms with Crippen LogP contribution in [0.1, 0.15) is 21.5 Å². The number of nitrogens with zero attached hydrogens (tertiary/aromatic N) is 1. The first-order valence-electron chi connectivity index (χ1n) is 8.09. The lowest BCUT2D eigenvalue weighted by atomic mass is 10.1. The summed E-state index contributed by atoms with van der Waals surface area (Å²) in [5, 5.41) is 6.49. The number of nitrogens with two attached hydrogens (primary N) is 1. The van der Waals surface area contributed by atoms with Gasteiger partial charge < -0.3 is 21.1 Å². The lowest BCUT2D eigenvalue weighted by Crippen LogP contribution is -2.37. The molecule has 0 saturated heterocycles. The average Bonchev–Trinajstić information content (AvgIpc) is 2.65. The number of aliphatic imine (C=N–C) groups is 1. The number of rotatable bonds is 7. The van der Waals surface area contributed by atoms with Crippen LogP contribution in [-0.4, -0.2) is 32.6 Å². The number of primary amides is 1. The van der Waals surface area contributed by atoms with E-state index in [4.69, 9.17) is 10.5 Å². The number of benzene rings is 2. The highest BCUT2D eigenvalue weighted by Gasteiger charge is 2.04. The highest BCUT2D eigenvalue weighted by molar-refractivity contribution is 5.92. The standard InChI is InChI=1S/C19H24N4O2/c1-21-19(22-11-10-15-7-3-4-9-17(15)25-2)23-13-14-6-5-8-16(12-14)18(20)24/h3-9,12H,10-11,13H2,1-2H3,(H2,20,24)(H2,21,22,23). The highest BCUT2D eigenvalue weighted by Crippen LogP contribution is 2.17. The SMILES string of the molecule is CN=C(NCCc1ccccc1OC)NCc1cccc(C(N)=O)c1. The molecule has 0 bridgehead atoms. The summed E-state index contributed by atoms with van der Waals surface area (Å²) in [7, 11) is 3.39. The quantitative estimate of drug-likeness (QED) is 0.529. The van der Waals surface area contributed by atoms with Crippen molar-refractivity contribution in [2.45, 2.75) is 13.0 Å². The third-order valence-corrected chi connectivity index (χ3v) is 3.77. The van der Waals surface area contributed by atoms with Crippen LogP contribution in [0, 0.1) is 0 Å². The van der Waals surface area contributed by atoms with Gasteiger partial charge in [-0.15, -0.1) is 0 Å². The Bertz CT molecular complexity index is 744. The van der Waals surface area contributed by atoms with Crippen molar-refractivity contribution in [2.75, 3.05) is 20.7 Å². The van der Waals surface area contributed by atoms with Gasteiger partial charge in [0.1, 0.15) is 5.75 Å². The van der Waals surface area contributed by atoms with Crippen molar-refractivity contribution in [1.29, 1.82) is 0 Å². The van der Waals surface area contributed by atoms with Gasteiger partial charge in [-0.05, 0) is 35.7 Å². The fourth-order valence-corrected chi connectivity index (χ4v) is 2.47. The topological polar surface area (TPSA) is 88.7 Å². The summed E-state index contributed by atoms with van der Waals surface area (Å²) in [4.78, 5) is 15.4. The maximum absolute atomic E-state index is 11.2. The van der Waals surface area contributed by atoms with E-state index in [1.807, 2.05) is 36.4 Å². The molecule has 0 heterocycles. The summed E-state index contributed by atoms with van der Waals surface area (Å²) < 4.78 is 5.35. The van der Waals surface area contributed by atoms with Gasteiger partial charge in [0.05, 0.1) is 7.11 Å². The molecule has 2 aromatic carbocycles. The molecule has 132 valence electrons. The van der Waals surface area contributed by atoms with Gasteiger partial charge in [-0.25, -0.2) is 0 Å². The number of ether oxygens (including phenoxy) is 1. The Hall–Kier alpha value is -3.02. The molecule has 25 heavy (non-hydrogen) atoms. The molecular weight excluding hydrogens is 316 g/mol. The summed E-state index contributed by atoms with van der Waals surface area (Å²) in [6.07, 6.45) is 0.821. The van der Waals surface area contributed by atoms with Crippen molar-refractivity contribution in [3.63, 3.8) is 0 Å². The average molecular weight is 340 g/mol. The van der Waals surface area contributed by atoms with E-state index in [9.17, 15) is 4.79 Å². The van der Waals surface area contributed by atoms with Crippen molar-refractivity contribution in [1.82, 2.24) is 10.6 Å². The van der Waals surface area contributed by atoms with E-state index < -0.39 is 5.91 Å². The molecule has 0 unspecified atom stereocenters. The van der Waals surface area contributed by atoms with Gasteiger partial charge in [0.2, 0.25) is 5.91 Å². The van der Waals surface area contributed by atoms with Crippen LogP contribution in [0.5, 0.6) is 5.75 Å². The van der Waals surface area contributed by atoms with Crippen LogP contribution in [-0.2, 0) is 13.0 Å². The lowest BCUT2D eigenvalue weighted by molar-refractivity contribution is 0.1000. The van der Waals surface area contributed by atoms with Crippen LogP contribution in [0.3, 0.4) is 0 Å². The zero-order valence-corrected chi connectivity index (χ0v) is 14.6. The Morgan fingerprint density at radius 3 is 2.68 bits per heavy atom. The van der Waals surface area contributed by atoms with E-state index in [1.165, 1.54) is 0 Å². The zero-order valence-electron chi connectivity index (χ0n) is 14.6. The summed E-state index contributed by atoms with van der Waals surface area (Å²) in [5.74, 6) is 1.15. The monoisotopic (exact) mass is 340 g/mol. The minimum atomic E-state index is -0.429. The molecule has 0 aromatic heterocycles. The van der Waals surface area contributed by atoms with Gasteiger partial charge >= 0.3 is 0 Å². The number of guanidine groups is 1. The predicted molar refractivity (Wildman–Crippen MR) is 99.9 cm³/mol. The molecule has 0 aliphatic heterocycles. The van der Waals surface area contributed by atoms with Gasteiger partial charge in [0.15, 0.2) is 5.96 Å². The first-order chi connectivity index (χ1) is 12.1. The first kappa shape index (κ1) is 18.3. The van der Waals surface area contributed by atoms with Crippen molar-refractivity contribution in [3.05, 3.63) is 65.2 Å². The van der Waals surface area contributed by atoms with Crippen LogP contribution in [0.15, 0.2) is 53.5 Å². The van der Waals surface area contributed by atoms with Crippen molar-refractivity contribution in [2.24, 2.45) is 10.7 Å². The molecule has 0 fully saturated rings.